The number of nitrogens with one attached hydrogen (secondary N) is 1. The summed E-state index contributed by atoms with van der Waals surface area (Å²) < 4.78 is 12.9. The van der Waals surface area contributed by atoms with Gasteiger partial charge in [0, 0.05) is 12.2 Å². The van der Waals surface area contributed by atoms with Crippen LogP contribution in [0.25, 0.3) is 0 Å². The summed E-state index contributed by atoms with van der Waals surface area (Å²) in [5.41, 5.74) is 2.96. The van der Waals surface area contributed by atoms with Crippen molar-refractivity contribution in [3.05, 3.63) is 59.4 Å². The van der Waals surface area contributed by atoms with Crippen LogP contribution in [0, 0.1) is 13.8 Å². The molecule has 0 radical (unpaired) electrons. The third-order valence-corrected chi connectivity index (χ3v) is 5.58. The number of benzene rings is 2. The molecule has 0 aliphatic heterocycles. The number of aromatic nitrogens is 3. The Balaban J connectivity index is 1.58. The van der Waals surface area contributed by atoms with Crippen molar-refractivity contribution >= 4 is 23.4 Å². The number of anilines is 1. The highest BCUT2D eigenvalue weighted by molar-refractivity contribution is 7.99. The maximum atomic E-state index is 12.4. The fourth-order valence-corrected chi connectivity index (χ4v) is 3.81. The molecule has 0 aliphatic rings. The molecule has 0 atom stereocenters. The molecule has 3 rings (SSSR count). The predicted octanol–water partition coefficient (Wildman–Crippen LogP) is 4.23. The van der Waals surface area contributed by atoms with Crippen LogP contribution >= 0.6 is 11.8 Å². The molecule has 7 nitrogen and oxygen atoms in total. The highest BCUT2D eigenvalue weighted by Gasteiger charge is 2.14. The number of nitrogens with zero attached hydrogens (tertiary/aromatic N) is 3. The minimum absolute atomic E-state index is 0.0703. The maximum absolute atomic E-state index is 12.4. The van der Waals surface area contributed by atoms with Crippen LogP contribution in [-0.2, 0) is 17.9 Å². The predicted molar refractivity (Wildman–Crippen MR) is 118 cm³/mol. The first-order valence-electron chi connectivity index (χ1n) is 9.69. The molecule has 3 aromatic rings. The zero-order chi connectivity index (χ0) is 21.5. The second kappa shape index (κ2) is 10.2. The minimum Gasteiger partial charge on any atom is -0.497 e. The number of methoxy groups -OCH3 is 1. The van der Waals surface area contributed by atoms with Gasteiger partial charge in [-0.15, -0.1) is 10.2 Å². The van der Waals surface area contributed by atoms with E-state index in [2.05, 4.69) is 15.5 Å². The van der Waals surface area contributed by atoms with Gasteiger partial charge in [0.25, 0.3) is 0 Å². The molecule has 8 heteroatoms. The number of carbonyl (C=O) groups is 1. The Hall–Kier alpha value is -3.00. The molecular weight excluding hydrogens is 400 g/mol. The third-order valence-electron chi connectivity index (χ3n) is 4.61. The number of aryl methyl sites for hydroxylation is 2. The van der Waals surface area contributed by atoms with Crippen LogP contribution in [0.5, 0.6) is 11.5 Å². The van der Waals surface area contributed by atoms with Gasteiger partial charge >= 0.3 is 0 Å². The average Bonchev–Trinajstić information content (AvgIpc) is 3.15. The topological polar surface area (TPSA) is 78.3 Å². The number of carbonyl (C=O) groups excluding carboxylic acids is 1. The zero-order valence-electron chi connectivity index (χ0n) is 17.6. The van der Waals surface area contributed by atoms with Gasteiger partial charge in [0.2, 0.25) is 5.91 Å². The normalized spacial score (nSPS) is 10.7. The van der Waals surface area contributed by atoms with Crippen LogP contribution in [-0.4, -0.2) is 33.5 Å². The van der Waals surface area contributed by atoms with Crippen molar-refractivity contribution in [1.29, 1.82) is 0 Å². The molecule has 0 fully saturated rings. The van der Waals surface area contributed by atoms with Gasteiger partial charge in [0.05, 0.1) is 12.9 Å². The van der Waals surface area contributed by atoms with E-state index in [4.69, 9.17) is 9.47 Å². The Labute approximate surface area is 180 Å². The first kappa shape index (κ1) is 21.7. The van der Waals surface area contributed by atoms with Crippen LogP contribution in [0.1, 0.15) is 23.9 Å². The lowest BCUT2D eigenvalue weighted by molar-refractivity contribution is -0.113. The Morgan fingerprint density at radius 3 is 2.37 bits per heavy atom. The molecule has 30 heavy (non-hydrogen) atoms. The van der Waals surface area contributed by atoms with Crippen molar-refractivity contribution in [2.45, 2.75) is 39.1 Å². The van der Waals surface area contributed by atoms with Crippen LogP contribution in [0.2, 0.25) is 0 Å². The fraction of sp³-hybridized carbons (Fsp3) is 0.318. The molecule has 0 saturated carbocycles. The number of thioether (sulfide) groups is 1. The first-order valence-corrected chi connectivity index (χ1v) is 10.7. The van der Waals surface area contributed by atoms with Gasteiger partial charge in [-0.1, -0.05) is 30.0 Å². The SMILES string of the molecule is CCn1c(COc2ccc(OC)cc2)nnc1SCC(=O)Nc1c(C)cccc1C. The zero-order valence-corrected chi connectivity index (χ0v) is 18.5. The molecular formula is C22H26N4O3S. The van der Waals surface area contributed by atoms with E-state index in [1.165, 1.54) is 11.8 Å². The molecule has 2 aromatic carbocycles. The molecule has 0 spiro atoms. The lowest BCUT2D eigenvalue weighted by Crippen LogP contribution is -2.16. The lowest BCUT2D eigenvalue weighted by atomic mass is 10.1. The molecule has 1 amide bonds. The third kappa shape index (κ3) is 5.33. The maximum Gasteiger partial charge on any atom is 0.234 e. The van der Waals surface area contributed by atoms with Gasteiger partial charge < -0.3 is 19.4 Å². The summed E-state index contributed by atoms with van der Waals surface area (Å²) in [6.45, 7) is 6.97. The number of amides is 1. The second-order valence-corrected chi connectivity index (χ2v) is 7.65. The second-order valence-electron chi connectivity index (χ2n) is 6.71. The summed E-state index contributed by atoms with van der Waals surface area (Å²) in [5.74, 6) is 2.40. The Morgan fingerprint density at radius 1 is 1.07 bits per heavy atom. The summed E-state index contributed by atoms with van der Waals surface area (Å²) >= 11 is 1.36. The van der Waals surface area contributed by atoms with E-state index >= 15 is 0 Å². The summed E-state index contributed by atoms with van der Waals surface area (Å²) in [6, 6.07) is 13.3. The standard InChI is InChI=1S/C22H26N4O3S/c1-5-26-19(13-29-18-11-9-17(28-4)10-12-18)24-25-22(26)30-14-20(27)23-21-15(2)7-6-8-16(21)3/h6-12H,5,13-14H2,1-4H3,(H,23,27). The van der Waals surface area contributed by atoms with E-state index in [0.717, 1.165) is 28.3 Å². The molecule has 0 saturated heterocycles. The van der Waals surface area contributed by atoms with Crippen molar-refractivity contribution in [2.75, 3.05) is 18.2 Å². The smallest absolute Gasteiger partial charge is 0.234 e. The van der Waals surface area contributed by atoms with E-state index in [-0.39, 0.29) is 11.7 Å². The monoisotopic (exact) mass is 426 g/mol. The van der Waals surface area contributed by atoms with Crippen LogP contribution in [0.4, 0.5) is 5.69 Å². The molecule has 158 valence electrons. The van der Waals surface area contributed by atoms with Crippen molar-refractivity contribution in [2.24, 2.45) is 0 Å². The van der Waals surface area contributed by atoms with E-state index in [1.807, 2.05) is 67.8 Å². The van der Waals surface area contributed by atoms with Gasteiger partial charge in [-0.3, -0.25) is 4.79 Å². The van der Waals surface area contributed by atoms with Gasteiger partial charge in [0.1, 0.15) is 18.1 Å². The summed E-state index contributed by atoms with van der Waals surface area (Å²) in [4.78, 5) is 12.4. The molecule has 1 N–H and O–H groups in total. The Bertz CT molecular complexity index is 982. The minimum atomic E-state index is -0.0703. The number of para-hydroxylation sites is 1. The van der Waals surface area contributed by atoms with Gasteiger partial charge in [-0.25, -0.2) is 0 Å². The molecule has 0 aliphatic carbocycles. The Morgan fingerprint density at radius 2 is 1.73 bits per heavy atom. The number of rotatable bonds is 9. The quantitative estimate of drug-likeness (QED) is 0.516. The van der Waals surface area contributed by atoms with Crippen LogP contribution in [0.15, 0.2) is 47.6 Å². The number of hydrogen-bond donors (Lipinski definition) is 1. The first-order chi connectivity index (χ1) is 14.5. The molecule has 0 bridgehead atoms. The highest BCUT2D eigenvalue weighted by Crippen LogP contribution is 2.22. The van der Waals surface area contributed by atoms with Gasteiger partial charge in [0.15, 0.2) is 11.0 Å². The lowest BCUT2D eigenvalue weighted by Gasteiger charge is -2.11. The van der Waals surface area contributed by atoms with E-state index < -0.39 is 0 Å². The van der Waals surface area contributed by atoms with Crippen LogP contribution in [0.3, 0.4) is 0 Å². The van der Waals surface area contributed by atoms with E-state index in [1.54, 1.807) is 7.11 Å². The fourth-order valence-electron chi connectivity index (χ4n) is 2.99. The summed E-state index contributed by atoms with van der Waals surface area (Å²) in [7, 11) is 1.63. The van der Waals surface area contributed by atoms with Crippen molar-refractivity contribution < 1.29 is 14.3 Å². The van der Waals surface area contributed by atoms with Gasteiger partial charge in [-0.05, 0) is 56.2 Å². The van der Waals surface area contributed by atoms with Gasteiger partial charge in [-0.2, -0.15) is 0 Å². The largest absolute Gasteiger partial charge is 0.497 e. The van der Waals surface area contributed by atoms with E-state index in [0.29, 0.717) is 24.1 Å². The van der Waals surface area contributed by atoms with Crippen LogP contribution < -0.4 is 14.8 Å². The molecule has 0 unspecified atom stereocenters. The number of hydrogen-bond acceptors (Lipinski definition) is 6. The van der Waals surface area contributed by atoms with E-state index in [9.17, 15) is 4.79 Å². The summed E-state index contributed by atoms with van der Waals surface area (Å²) in [5, 5.41) is 12.2. The summed E-state index contributed by atoms with van der Waals surface area (Å²) in [6.07, 6.45) is 0. The highest BCUT2D eigenvalue weighted by atomic mass is 32.2. The number of ether oxygens (including phenoxy) is 2. The Kier molecular flexibility index (Phi) is 7.35. The van der Waals surface area contributed by atoms with Crippen molar-refractivity contribution in [3.8, 4) is 11.5 Å². The van der Waals surface area contributed by atoms with Crippen molar-refractivity contribution in [1.82, 2.24) is 14.8 Å². The molecule has 1 aromatic heterocycles. The van der Waals surface area contributed by atoms with Crippen molar-refractivity contribution in [3.63, 3.8) is 0 Å². The molecule has 1 heterocycles. The average molecular weight is 427 g/mol.